The monoisotopic (exact) mass is 431 g/mol. The minimum atomic E-state index is -0.334. The molecule has 0 bridgehead atoms. The van der Waals surface area contributed by atoms with Crippen LogP contribution in [0.2, 0.25) is 5.02 Å². The van der Waals surface area contributed by atoms with Gasteiger partial charge < -0.3 is 15.1 Å². The van der Waals surface area contributed by atoms with Gasteiger partial charge in [0.15, 0.2) is 0 Å². The zero-order valence-corrected chi connectivity index (χ0v) is 17.8. The van der Waals surface area contributed by atoms with E-state index in [1.165, 1.54) is 16.7 Å². The Balaban J connectivity index is 1.71. The van der Waals surface area contributed by atoms with Crippen molar-refractivity contribution in [3.63, 3.8) is 0 Å². The number of hydrogen-bond acceptors (Lipinski definition) is 4. The Morgan fingerprint density at radius 3 is 2.59 bits per heavy atom. The van der Waals surface area contributed by atoms with E-state index in [0.717, 1.165) is 10.6 Å². The van der Waals surface area contributed by atoms with E-state index in [-0.39, 0.29) is 29.3 Å². The van der Waals surface area contributed by atoms with E-state index in [1.807, 2.05) is 38.1 Å². The van der Waals surface area contributed by atoms with E-state index in [1.54, 1.807) is 23.1 Å². The minimum Gasteiger partial charge on any atom is -0.339 e. The third-order valence-electron chi connectivity index (χ3n) is 4.64. The van der Waals surface area contributed by atoms with E-state index in [4.69, 9.17) is 11.6 Å². The maximum absolute atomic E-state index is 12.5. The van der Waals surface area contributed by atoms with E-state index in [9.17, 15) is 14.4 Å². The molecule has 3 rings (SSSR count). The summed E-state index contributed by atoms with van der Waals surface area (Å²) in [4.78, 5) is 41.5. The summed E-state index contributed by atoms with van der Waals surface area (Å²) in [5, 5.41) is 3.03. The number of halogens is 1. The van der Waals surface area contributed by atoms with Crippen molar-refractivity contribution in [2.75, 3.05) is 35.6 Å². The molecule has 0 saturated carbocycles. The highest BCUT2D eigenvalue weighted by molar-refractivity contribution is 8.00. The molecule has 0 atom stereocenters. The first-order chi connectivity index (χ1) is 13.9. The lowest BCUT2D eigenvalue weighted by Gasteiger charge is -2.28. The lowest BCUT2D eigenvalue weighted by molar-refractivity contribution is -0.120. The van der Waals surface area contributed by atoms with E-state index >= 15 is 0 Å². The molecule has 1 heterocycles. The molecule has 3 amide bonds. The predicted molar refractivity (Wildman–Crippen MR) is 117 cm³/mol. The Bertz CT molecular complexity index is 947. The van der Waals surface area contributed by atoms with Crippen LogP contribution in [0.4, 0.5) is 11.4 Å². The van der Waals surface area contributed by atoms with Crippen LogP contribution < -0.4 is 10.2 Å². The van der Waals surface area contributed by atoms with Crippen molar-refractivity contribution in [1.82, 2.24) is 4.90 Å². The molecule has 0 spiro atoms. The maximum atomic E-state index is 12.5. The molecule has 1 N–H and O–H groups in total. The first-order valence-corrected chi connectivity index (χ1v) is 10.7. The molecule has 0 fully saturated rings. The van der Waals surface area contributed by atoms with Gasteiger partial charge in [0.2, 0.25) is 11.8 Å². The topological polar surface area (TPSA) is 69.7 Å². The van der Waals surface area contributed by atoms with Crippen LogP contribution in [0.5, 0.6) is 0 Å². The second-order valence-electron chi connectivity index (χ2n) is 6.46. The summed E-state index contributed by atoms with van der Waals surface area (Å²) in [6, 6.07) is 12.3. The summed E-state index contributed by atoms with van der Waals surface area (Å²) in [5.74, 6) is -0.287. The molecule has 0 unspecified atom stereocenters. The van der Waals surface area contributed by atoms with Crippen molar-refractivity contribution in [3.05, 3.63) is 53.1 Å². The number of thioether (sulfide) groups is 1. The molecule has 2 aromatic carbocycles. The predicted octanol–water partition coefficient (Wildman–Crippen LogP) is 3.90. The van der Waals surface area contributed by atoms with Crippen LogP contribution in [0, 0.1) is 0 Å². The Morgan fingerprint density at radius 2 is 1.90 bits per heavy atom. The molecule has 29 heavy (non-hydrogen) atoms. The molecule has 8 heteroatoms. The number of carbonyl (C=O) groups excluding carboxylic acids is 3. The van der Waals surface area contributed by atoms with Gasteiger partial charge in [-0.2, -0.15) is 0 Å². The molecule has 6 nitrogen and oxygen atoms in total. The number of amides is 3. The number of fused-ring (bicyclic) bond motifs is 1. The average molecular weight is 432 g/mol. The van der Waals surface area contributed by atoms with Crippen LogP contribution in [0.15, 0.2) is 47.4 Å². The van der Waals surface area contributed by atoms with Crippen LogP contribution in [0.25, 0.3) is 0 Å². The van der Waals surface area contributed by atoms with Gasteiger partial charge in [0.05, 0.1) is 22.0 Å². The molecule has 0 radical (unpaired) electrons. The Morgan fingerprint density at radius 1 is 1.17 bits per heavy atom. The first kappa shape index (κ1) is 21.2. The van der Waals surface area contributed by atoms with Gasteiger partial charge in [-0.1, -0.05) is 23.7 Å². The number of nitrogens with one attached hydrogen (secondary N) is 1. The van der Waals surface area contributed by atoms with Crippen LogP contribution in [-0.4, -0.2) is 48.0 Å². The first-order valence-electron chi connectivity index (χ1n) is 9.35. The van der Waals surface area contributed by atoms with E-state index in [2.05, 4.69) is 5.32 Å². The lowest BCUT2D eigenvalue weighted by Crippen LogP contribution is -2.41. The number of rotatable bonds is 6. The average Bonchev–Trinajstić information content (AvgIpc) is 2.71. The molecule has 152 valence electrons. The Labute approximate surface area is 179 Å². The second-order valence-corrected chi connectivity index (χ2v) is 7.88. The van der Waals surface area contributed by atoms with E-state index < -0.39 is 0 Å². The third-order valence-corrected chi connectivity index (χ3v) is 6.00. The zero-order chi connectivity index (χ0) is 21.0. The van der Waals surface area contributed by atoms with Gasteiger partial charge in [-0.3, -0.25) is 14.4 Å². The molecular formula is C21H22ClN3O3S. The molecule has 0 aromatic heterocycles. The second kappa shape index (κ2) is 9.33. The number of anilines is 2. The number of nitrogens with zero attached hydrogens (tertiary/aromatic N) is 2. The zero-order valence-electron chi connectivity index (χ0n) is 16.3. The Hall–Kier alpha value is -2.51. The van der Waals surface area contributed by atoms with Gasteiger partial charge >= 0.3 is 0 Å². The normalized spacial score (nSPS) is 13.1. The molecular weight excluding hydrogens is 410 g/mol. The number of carbonyl (C=O) groups is 3. The third kappa shape index (κ3) is 4.74. The Kier molecular flexibility index (Phi) is 6.82. The smallest absolute Gasteiger partial charge is 0.255 e. The van der Waals surface area contributed by atoms with Crippen molar-refractivity contribution < 1.29 is 14.4 Å². The van der Waals surface area contributed by atoms with Gasteiger partial charge in [-0.05, 0) is 44.2 Å². The van der Waals surface area contributed by atoms with Gasteiger partial charge in [0, 0.05) is 23.7 Å². The molecule has 1 aliphatic rings. The summed E-state index contributed by atoms with van der Waals surface area (Å²) >= 11 is 7.75. The fraction of sp³-hybridized carbons (Fsp3) is 0.286. The summed E-state index contributed by atoms with van der Waals surface area (Å²) in [5.41, 5.74) is 1.61. The molecule has 0 saturated heterocycles. The van der Waals surface area contributed by atoms with Crippen molar-refractivity contribution >= 4 is 52.5 Å². The van der Waals surface area contributed by atoms with Crippen molar-refractivity contribution in [2.45, 2.75) is 18.7 Å². The lowest BCUT2D eigenvalue weighted by atomic mass is 10.1. The number of hydrogen-bond donors (Lipinski definition) is 1. The van der Waals surface area contributed by atoms with Gasteiger partial charge in [0.1, 0.15) is 6.54 Å². The fourth-order valence-corrected chi connectivity index (χ4v) is 4.32. The van der Waals surface area contributed by atoms with Crippen molar-refractivity contribution in [1.29, 1.82) is 0 Å². The highest BCUT2D eigenvalue weighted by Gasteiger charge is 2.26. The van der Waals surface area contributed by atoms with Crippen LogP contribution in [-0.2, 0) is 9.59 Å². The van der Waals surface area contributed by atoms with Gasteiger partial charge in [0.25, 0.3) is 5.91 Å². The summed E-state index contributed by atoms with van der Waals surface area (Å²) in [7, 11) is 0. The number of benzene rings is 2. The van der Waals surface area contributed by atoms with Gasteiger partial charge in [-0.25, -0.2) is 0 Å². The van der Waals surface area contributed by atoms with Crippen LogP contribution in [0.3, 0.4) is 0 Å². The number of para-hydroxylation sites is 1. The highest BCUT2D eigenvalue weighted by atomic mass is 35.5. The van der Waals surface area contributed by atoms with Crippen LogP contribution in [0.1, 0.15) is 24.2 Å². The molecule has 0 aliphatic carbocycles. The largest absolute Gasteiger partial charge is 0.339 e. The fourth-order valence-electron chi connectivity index (χ4n) is 3.12. The molecule has 2 aromatic rings. The van der Waals surface area contributed by atoms with Crippen LogP contribution >= 0.6 is 23.4 Å². The van der Waals surface area contributed by atoms with Gasteiger partial charge in [-0.15, -0.1) is 11.8 Å². The minimum absolute atomic E-state index is 0.0891. The van der Waals surface area contributed by atoms with Crippen molar-refractivity contribution in [2.24, 2.45) is 0 Å². The van der Waals surface area contributed by atoms with E-state index in [0.29, 0.717) is 30.1 Å². The maximum Gasteiger partial charge on any atom is 0.255 e. The standard InChI is InChI=1S/C21H22ClN3O3S/c1-3-24(4-2)21(28)15-10-9-14(11-16(15)22)23-19(26)12-25-17-7-5-6-8-18(17)29-13-20(25)27/h5-11H,3-4,12-13H2,1-2H3,(H,23,26). The summed E-state index contributed by atoms with van der Waals surface area (Å²) in [6.45, 7) is 4.90. The molecule has 1 aliphatic heterocycles. The quantitative estimate of drug-likeness (QED) is 0.753. The van der Waals surface area contributed by atoms with Crippen molar-refractivity contribution in [3.8, 4) is 0 Å². The highest BCUT2D eigenvalue weighted by Crippen LogP contribution is 2.34. The summed E-state index contributed by atoms with van der Waals surface area (Å²) in [6.07, 6.45) is 0. The summed E-state index contributed by atoms with van der Waals surface area (Å²) < 4.78 is 0. The SMILES string of the molecule is CCN(CC)C(=O)c1ccc(NC(=O)CN2C(=O)CSc3ccccc32)cc1Cl.